The molecule has 2 aromatic carbocycles. The third-order valence-electron chi connectivity index (χ3n) is 4.77. The number of alkyl halides is 3. The molecule has 1 aliphatic carbocycles. The van der Waals surface area contributed by atoms with Crippen molar-refractivity contribution in [1.82, 2.24) is 0 Å². The van der Waals surface area contributed by atoms with Crippen LogP contribution in [0.3, 0.4) is 0 Å². The molecule has 1 aliphatic rings. The van der Waals surface area contributed by atoms with Gasteiger partial charge in [0.15, 0.2) is 0 Å². The van der Waals surface area contributed by atoms with Gasteiger partial charge in [-0.15, -0.1) is 0 Å². The minimum Gasteiger partial charge on any atom is -0.490 e. The van der Waals surface area contributed by atoms with E-state index in [4.69, 9.17) is 9.57 Å². The van der Waals surface area contributed by atoms with Gasteiger partial charge in [-0.05, 0) is 61.6 Å². The number of fused-ring (bicyclic) bond motifs is 1. The second-order valence-corrected chi connectivity index (χ2v) is 7.26. The monoisotopic (exact) mass is 420 g/mol. The van der Waals surface area contributed by atoms with Crippen LogP contribution >= 0.6 is 0 Å². The van der Waals surface area contributed by atoms with Crippen molar-refractivity contribution in [1.29, 1.82) is 0 Å². The van der Waals surface area contributed by atoms with Crippen molar-refractivity contribution in [3.05, 3.63) is 64.2 Å². The number of aliphatic hydroxyl groups excluding tert-OH is 1. The molecular formula is C22H23F3N2O3. The minimum absolute atomic E-state index is 0.0808. The van der Waals surface area contributed by atoms with E-state index < -0.39 is 23.9 Å². The van der Waals surface area contributed by atoms with Gasteiger partial charge in [-0.3, -0.25) is 0 Å². The molecule has 0 aromatic heterocycles. The van der Waals surface area contributed by atoms with Gasteiger partial charge in [-0.2, -0.15) is 13.2 Å². The van der Waals surface area contributed by atoms with Gasteiger partial charge >= 0.3 is 6.18 Å². The molecule has 0 saturated heterocycles. The Morgan fingerprint density at radius 1 is 1.27 bits per heavy atom. The van der Waals surface area contributed by atoms with Gasteiger partial charge in [0.2, 0.25) is 0 Å². The molecule has 5 nitrogen and oxygen atoms in total. The number of ether oxygens (including phenoxy) is 1. The molecule has 0 radical (unpaired) electrons. The van der Waals surface area contributed by atoms with Crippen LogP contribution in [0.25, 0.3) is 0 Å². The summed E-state index contributed by atoms with van der Waals surface area (Å²) in [6.07, 6.45) is -4.16. The summed E-state index contributed by atoms with van der Waals surface area (Å²) >= 11 is 0. The van der Waals surface area contributed by atoms with Crippen LogP contribution in [0.1, 0.15) is 54.2 Å². The lowest BCUT2D eigenvalue weighted by atomic mass is 10.0. The third-order valence-corrected chi connectivity index (χ3v) is 4.77. The van der Waals surface area contributed by atoms with Crippen molar-refractivity contribution in [3.63, 3.8) is 0 Å². The molecule has 30 heavy (non-hydrogen) atoms. The van der Waals surface area contributed by atoms with E-state index in [0.717, 1.165) is 29.2 Å². The lowest BCUT2D eigenvalue weighted by Gasteiger charge is -2.17. The molecule has 0 amide bonds. The number of rotatable bonds is 6. The first-order chi connectivity index (χ1) is 14.2. The van der Waals surface area contributed by atoms with Gasteiger partial charge in [0.25, 0.3) is 5.90 Å². The van der Waals surface area contributed by atoms with Crippen molar-refractivity contribution < 1.29 is 27.9 Å². The van der Waals surface area contributed by atoms with E-state index >= 15 is 0 Å². The Bertz CT molecular complexity index is 955. The van der Waals surface area contributed by atoms with E-state index in [-0.39, 0.29) is 23.8 Å². The molecule has 1 atom stereocenters. The van der Waals surface area contributed by atoms with E-state index in [2.05, 4.69) is 16.9 Å². The van der Waals surface area contributed by atoms with Gasteiger partial charge < -0.3 is 14.7 Å². The van der Waals surface area contributed by atoms with Crippen LogP contribution in [-0.2, 0) is 24.0 Å². The van der Waals surface area contributed by atoms with Crippen molar-refractivity contribution in [3.8, 4) is 5.75 Å². The summed E-state index contributed by atoms with van der Waals surface area (Å²) in [6, 6.07) is 9.18. The fraction of sp³-hybridized carbons (Fsp3) is 0.364. The zero-order chi connectivity index (χ0) is 21.9. The quantitative estimate of drug-likeness (QED) is 0.404. The number of oxime groups is 1. The SMILES string of the molecule is C=NOC(=NCc1cccc2c1CCC2O)c1ccc(OC(C)C)c(C(F)(F)F)c1. The average Bonchev–Trinajstić information content (AvgIpc) is 3.06. The lowest BCUT2D eigenvalue weighted by Crippen LogP contribution is -2.14. The van der Waals surface area contributed by atoms with Crippen LogP contribution in [-0.4, -0.2) is 23.8 Å². The molecule has 3 rings (SSSR count). The maximum absolute atomic E-state index is 13.5. The van der Waals surface area contributed by atoms with Crippen LogP contribution in [0.5, 0.6) is 5.75 Å². The van der Waals surface area contributed by atoms with Gasteiger partial charge in [-0.1, -0.05) is 23.4 Å². The minimum atomic E-state index is -4.61. The van der Waals surface area contributed by atoms with E-state index in [1.54, 1.807) is 13.8 Å². The highest BCUT2D eigenvalue weighted by atomic mass is 19.4. The molecule has 1 N–H and O–H groups in total. The first-order valence-electron chi connectivity index (χ1n) is 9.55. The molecule has 0 fully saturated rings. The molecular weight excluding hydrogens is 397 g/mol. The maximum atomic E-state index is 13.5. The normalized spacial score (nSPS) is 16.5. The Morgan fingerprint density at radius 3 is 2.70 bits per heavy atom. The molecule has 2 aromatic rings. The first-order valence-corrected chi connectivity index (χ1v) is 9.55. The Labute approximate surface area is 172 Å². The second kappa shape index (κ2) is 8.87. The third kappa shape index (κ3) is 4.81. The number of nitrogens with zero attached hydrogens (tertiary/aromatic N) is 2. The van der Waals surface area contributed by atoms with E-state index in [1.165, 1.54) is 12.1 Å². The molecule has 8 heteroatoms. The lowest BCUT2D eigenvalue weighted by molar-refractivity contribution is -0.139. The number of aliphatic hydroxyl groups is 1. The highest BCUT2D eigenvalue weighted by Crippen LogP contribution is 2.38. The zero-order valence-corrected chi connectivity index (χ0v) is 16.7. The fourth-order valence-electron chi connectivity index (χ4n) is 3.49. The van der Waals surface area contributed by atoms with E-state index in [9.17, 15) is 18.3 Å². The smallest absolute Gasteiger partial charge is 0.419 e. The Balaban J connectivity index is 1.96. The summed E-state index contributed by atoms with van der Waals surface area (Å²) in [7, 11) is 0. The number of benzene rings is 2. The van der Waals surface area contributed by atoms with Crippen molar-refractivity contribution in [2.24, 2.45) is 10.1 Å². The Hall–Kier alpha value is -2.87. The Morgan fingerprint density at radius 2 is 2.03 bits per heavy atom. The molecule has 160 valence electrons. The predicted octanol–water partition coefficient (Wildman–Crippen LogP) is 5.05. The van der Waals surface area contributed by atoms with Crippen LogP contribution in [0.4, 0.5) is 13.2 Å². The second-order valence-electron chi connectivity index (χ2n) is 7.26. The van der Waals surface area contributed by atoms with Gasteiger partial charge in [-0.25, -0.2) is 4.99 Å². The highest BCUT2D eigenvalue weighted by Gasteiger charge is 2.35. The first kappa shape index (κ1) is 21.8. The van der Waals surface area contributed by atoms with E-state index in [0.29, 0.717) is 6.42 Å². The highest BCUT2D eigenvalue weighted by molar-refractivity contribution is 5.94. The maximum Gasteiger partial charge on any atom is 0.419 e. The number of aliphatic imine (C=N–C) groups is 1. The predicted molar refractivity (Wildman–Crippen MR) is 108 cm³/mol. The number of hydrogen-bond donors (Lipinski definition) is 1. The number of hydrogen-bond acceptors (Lipinski definition) is 5. The molecule has 0 bridgehead atoms. The van der Waals surface area contributed by atoms with Gasteiger partial charge in [0, 0.05) is 12.3 Å². The average molecular weight is 420 g/mol. The summed E-state index contributed by atoms with van der Waals surface area (Å²) < 4.78 is 45.9. The standard InChI is InChI=1S/C22H23F3N2O3/c1-13(2)29-20-10-7-14(11-18(20)22(23,24)25)21(30-26-3)27-12-15-5-4-6-17-16(15)8-9-19(17)28/h4-7,10-11,13,19,28H,3,8-9,12H2,1-2H3. The summed E-state index contributed by atoms with van der Waals surface area (Å²) in [5.41, 5.74) is 1.94. The van der Waals surface area contributed by atoms with Crippen molar-refractivity contribution in [2.75, 3.05) is 0 Å². The Kier molecular flexibility index (Phi) is 6.45. The van der Waals surface area contributed by atoms with Crippen molar-refractivity contribution in [2.45, 2.75) is 51.6 Å². The van der Waals surface area contributed by atoms with Crippen LogP contribution in [0, 0.1) is 0 Å². The molecule has 0 heterocycles. The largest absolute Gasteiger partial charge is 0.490 e. The summed E-state index contributed by atoms with van der Waals surface area (Å²) in [5, 5.41) is 13.4. The molecule has 0 saturated carbocycles. The van der Waals surface area contributed by atoms with Gasteiger partial charge in [0.1, 0.15) is 5.75 Å². The number of halogens is 3. The summed E-state index contributed by atoms with van der Waals surface area (Å²) in [5.74, 6) is -0.343. The van der Waals surface area contributed by atoms with Crippen molar-refractivity contribution >= 4 is 12.6 Å². The summed E-state index contributed by atoms with van der Waals surface area (Å²) in [6.45, 7) is 6.72. The zero-order valence-electron chi connectivity index (χ0n) is 16.7. The molecule has 0 aliphatic heterocycles. The van der Waals surface area contributed by atoms with Crippen LogP contribution in [0.15, 0.2) is 46.5 Å². The summed E-state index contributed by atoms with van der Waals surface area (Å²) in [4.78, 5) is 9.43. The topological polar surface area (TPSA) is 63.4 Å². The molecule has 0 spiro atoms. The van der Waals surface area contributed by atoms with Crippen LogP contribution < -0.4 is 4.74 Å². The van der Waals surface area contributed by atoms with E-state index in [1.807, 2.05) is 18.2 Å². The van der Waals surface area contributed by atoms with Crippen LogP contribution in [0.2, 0.25) is 0 Å². The fourth-order valence-corrected chi connectivity index (χ4v) is 3.49. The molecule has 1 unspecified atom stereocenters. The van der Waals surface area contributed by atoms with Gasteiger partial charge in [0.05, 0.1) is 24.3 Å².